The second kappa shape index (κ2) is 8.88. The van der Waals surface area contributed by atoms with Gasteiger partial charge in [0.2, 0.25) is 15.9 Å². The van der Waals surface area contributed by atoms with Crippen molar-refractivity contribution in [1.82, 2.24) is 9.21 Å². The van der Waals surface area contributed by atoms with E-state index in [-0.39, 0.29) is 10.8 Å². The van der Waals surface area contributed by atoms with Crippen molar-refractivity contribution in [1.29, 1.82) is 0 Å². The van der Waals surface area contributed by atoms with Crippen LogP contribution in [0.25, 0.3) is 0 Å². The van der Waals surface area contributed by atoms with Crippen LogP contribution in [-0.2, 0) is 21.2 Å². The molecule has 166 valence electrons. The van der Waals surface area contributed by atoms with Gasteiger partial charge in [0.15, 0.2) is 0 Å². The maximum atomic E-state index is 13.0. The Bertz CT molecular complexity index is 1030. The molecule has 0 radical (unpaired) electrons. The Morgan fingerprint density at radius 2 is 1.71 bits per heavy atom. The van der Waals surface area contributed by atoms with Crippen molar-refractivity contribution in [2.75, 3.05) is 44.7 Å². The van der Waals surface area contributed by atoms with Gasteiger partial charge in [-0.25, -0.2) is 8.42 Å². The number of methoxy groups -OCH3 is 1. The third-order valence-electron chi connectivity index (χ3n) is 6.26. The molecule has 1 saturated heterocycles. The first-order chi connectivity index (χ1) is 14.9. The van der Waals surface area contributed by atoms with Crippen molar-refractivity contribution < 1.29 is 17.9 Å². The Morgan fingerprint density at radius 1 is 1.03 bits per heavy atom. The Kier molecular flexibility index (Phi) is 6.20. The number of ether oxygens (including phenoxy) is 1. The Hall–Kier alpha value is -2.58. The predicted octanol–water partition coefficient (Wildman–Crippen LogP) is 2.37. The lowest BCUT2D eigenvalue weighted by Crippen LogP contribution is -2.53. The number of fused-ring (bicyclic) bond motifs is 1. The van der Waals surface area contributed by atoms with E-state index in [2.05, 4.69) is 24.0 Å². The van der Waals surface area contributed by atoms with Gasteiger partial charge >= 0.3 is 0 Å². The van der Waals surface area contributed by atoms with Gasteiger partial charge in [0.05, 0.1) is 18.6 Å². The first kappa shape index (κ1) is 21.6. The quantitative estimate of drug-likeness (QED) is 0.710. The lowest BCUT2D eigenvalue weighted by atomic mass is 9.96. The third kappa shape index (κ3) is 4.41. The highest BCUT2D eigenvalue weighted by Gasteiger charge is 2.32. The van der Waals surface area contributed by atoms with Crippen molar-refractivity contribution in [3.05, 3.63) is 54.1 Å². The van der Waals surface area contributed by atoms with Gasteiger partial charge in [-0.05, 0) is 55.7 Å². The standard InChI is InChI=1S/C23H29N3O4S/c1-18-7-8-19-5-3-4-6-22(19)26(18)17-23(27)24-13-15-25(16-14-24)31(28,29)21-11-9-20(30-2)10-12-21/h3-6,9-12,18H,7-8,13-17H2,1-2H3/t18-/m0/s1. The van der Waals surface area contributed by atoms with Gasteiger partial charge in [0.25, 0.3) is 0 Å². The average Bonchev–Trinajstić information content (AvgIpc) is 2.81. The summed E-state index contributed by atoms with van der Waals surface area (Å²) >= 11 is 0. The SMILES string of the molecule is COc1ccc(S(=O)(=O)N2CCN(C(=O)CN3c4ccccc4CC[C@@H]3C)CC2)cc1. The molecule has 0 spiro atoms. The van der Waals surface area contributed by atoms with Gasteiger partial charge in [-0.3, -0.25) is 4.79 Å². The Morgan fingerprint density at radius 3 is 2.39 bits per heavy atom. The largest absolute Gasteiger partial charge is 0.497 e. The molecule has 31 heavy (non-hydrogen) atoms. The summed E-state index contributed by atoms with van der Waals surface area (Å²) in [5.74, 6) is 0.660. The van der Waals surface area contributed by atoms with Crippen LogP contribution in [0.15, 0.2) is 53.4 Å². The van der Waals surface area contributed by atoms with Crippen LogP contribution in [0.1, 0.15) is 18.9 Å². The number of amides is 1. The van der Waals surface area contributed by atoms with Gasteiger partial charge in [-0.15, -0.1) is 0 Å². The lowest BCUT2D eigenvalue weighted by molar-refractivity contribution is -0.131. The zero-order valence-corrected chi connectivity index (χ0v) is 18.8. The summed E-state index contributed by atoms with van der Waals surface area (Å²) in [5.41, 5.74) is 2.42. The summed E-state index contributed by atoms with van der Waals surface area (Å²) in [6.07, 6.45) is 2.06. The number of piperazine rings is 1. The summed E-state index contributed by atoms with van der Waals surface area (Å²) in [6.45, 7) is 3.88. The van der Waals surface area contributed by atoms with E-state index < -0.39 is 10.0 Å². The zero-order valence-electron chi connectivity index (χ0n) is 18.0. The van der Waals surface area contributed by atoms with Crippen molar-refractivity contribution >= 4 is 21.6 Å². The number of hydrogen-bond donors (Lipinski definition) is 0. The number of rotatable bonds is 5. The summed E-state index contributed by atoms with van der Waals surface area (Å²) in [4.78, 5) is 17.2. The molecule has 1 fully saturated rings. The number of carbonyl (C=O) groups excluding carboxylic acids is 1. The van der Waals surface area contributed by atoms with E-state index in [1.54, 1.807) is 36.3 Å². The molecule has 8 heteroatoms. The molecule has 2 aromatic rings. The topological polar surface area (TPSA) is 70.2 Å². The normalized spacial score (nSPS) is 19.7. The summed E-state index contributed by atoms with van der Waals surface area (Å²) < 4.78 is 32.4. The summed E-state index contributed by atoms with van der Waals surface area (Å²) in [5, 5.41) is 0. The molecule has 1 amide bonds. The van der Waals surface area contributed by atoms with E-state index in [9.17, 15) is 13.2 Å². The van der Waals surface area contributed by atoms with Crippen LogP contribution >= 0.6 is 0 Å². The maximum absolute atomic E-state index is 13.0. The van der Waals surface area contributed by atoms with E-state index in [1.807, 2.05) is 12.1 Å². The molecule has 2 aliphatic rings. The summed E-state index contributed by atoms with van der Waals surface area (Å²) in [7, 11) is -2.04. The molecule has 7 nitrogen and oxygen atoms in total. The molecular weight excluding hydrogens is 414 g/mol. The lowest BCUT2D eigenvalue weighted by Gasteiger charge is -2.39. The molecular formula is C23H29N3O4S. The van der Waals surface area contributed by atoms with Crippen molar-refractivity contribution in [3.63, 3.8) is 0 Å². The fourth-order valence-electron chi connectivity index (χ4n) is 4.32. The zero-order chi connectivity index (χ0) is 22.0. The second-order valence-corrected chi connectivity index (χ2v) is 10.0. The second-order valence-electron chi connectivity index (χ2n) is 8.10. The molecule has 1 atom stereocenters. The molecule has 0 N–H and O–H groups in total. The highest BCUT2D eigenvalue weighted by molar-refractivity contribution is 7.89. The Balaban J connectivity index is 1.39. The predicted molar refractivity (Wildman–Crippen MR) is 120 cm³/mol. The van der Waals surface area contributed by atoms with Crippen molar-refractivity contribution in [2.45, 2.75) is 30.7 Å². The molecule has 2 aliphatic heterocycles. The van der Waals surface area contributed by atoms with Gasteiger partial charge in [0, 0.05) is 37.9 Å². The number of sulfonamides is 1. The maximum Gasteiger partial charge on any atom is 0.243 e. The minimum Gasteiger partial charge on any atom is -0.497 e. The van der Waals surface area contributed by atoms with Crippen LogP contribution < -0.4 is 9.64 Å². The minimum absolute atomic E-state index is 0.0463. The molecule has 0 unspecified atom stereocenters. The number of nitrogens with zero attached hydrogens (tertiary/aromatic N) is 3. The molecule has 4 rings (SSSR count). The van der Waals surface area contributed by atoms with Crippen LogP contribution in [-0.4, -0.2) is 69.4 Å². The molecule has 0 saturated carbocycles. The third-order valence-corrected chi connectivity index (χ3v) is 8.17. The molecule has 2 aromatic carbocycles. The number of aryl methyl sites for hydroxylation is 1. The monoisotopic (exact) mass is 443 g/mol. The highest BCUT2D eigenvalue weighted by atomic mass is 32.2. The fourth-order valence-corrected chi connectivity index (χ4v) is 5.74. The van der Waals surface area contributed by atoms with E-state index >= 15 is 0 Å². The average molecular weight is 444 g/mol. The van der Waals surface area contributed by atoms with Crippen LogP contribution in [0.5, 0.6) is 5.75 Å². The number of carbonyl (C=O) groups is 1. The van der Waals surface area contributed by atoms with E-state index in [0.717, 1.165) is 18.5 Å². The molecule has 2 heterocycles. The van der Waals surface area contributed by atoms with E-state index in [0.29, 0.717) is 44.5 Å². The number of hydrogen-bond acceptors (Lipinski definition) is 5. The van der Waals surface area contributed by atoms with Crippen LogP contribution in [0.2, 0.25) is 0 Å². The van der Waals surface area contributed by atoms with E-state index in [1.165, 1.54) is 9.87 Å². The smallest absolute Gasteiger partial charge is 0.243 e. The number of para-hydroxylation sites is 1. The number of benzene rings is 2. The van der Waals surface area contributed by atoms with Gasteiger partial charge in [-0.2, -0.15) is 4.31 Å². The van der Waals surface area contributed by atoms with Crippen LogP contribution in [0.4, 0.5) is 5.69 Å². The first-order valence-corrected chi connectivity index (χ1v) is 12.1. The van der Waals surface area contributed by atoms with Crippen molar-refractivity contribution in [3.8, 4) is 5.75 Å². The number of anilines is 1. The summed E-state index contributed by atoms with van der Waals surface area (Å²) in [6, 6.07) is 15.0. The first-order valence-electron chi connectivity index (χ1n) is 10.7. The van der Waals surface area contributed by atoms with Gasteiger partial charge in [-0.1, -0.05) is 18.2 Å². The highest BCUT2D eigenvalue weighted by Crippen LogP contribution is 2.30. The molecule has 0 bridgehead atoms. The molecule has 0 aliphatic carbocycles. The van der Waals surface area contributed by atoms with Gasteiger partial charge in [0.1, 0.15) is 5.75 Å². The van der Waals surface area contributed by atoms with Gasteiger partial charge < -0.3 is 14.5 Å². The van der Waals surface area contributed by atoms with Crippen LogP contribution in [0, 0.1) is 0 Å². The van der Waals surface area contributed by atoms with Crippen molar-refractivity contribution in [2.24, 2.45) is 0 Å². The van der Waals surface area contributed by atoms with E-state index in [4.69, 9.17) is 4.74 Å². The minimum atomic E-state index is -3.58. The van der Waals surface area contributed by atoms with Crippen LogP contribution in [0.3, 0.4) is 0 Å². The molecule has 0 aromatic heterocycles. The fraction of sp³-hybridized carbons (Fsp3) is 0.435. The Labute approximate surface area is 184 Å².